The maximum Gasteiger partial charge on any atom is 0.0399 e. The minimum Gasteiger partial charge on any atom is -0.122 e. The molecule has 1 unspecified atom stereocenters. The highest BCUT2D eigenvalue weighted by molar-refractivity contribution is 6.21. The molecule has 1 heteroatoms. The maximum absolute atomic E-state index is 6.35. The first-order chi connectivity index (χ1) is 7.68. The molecule has 0 saturated heterocycles. The minimum absolute atomic E-state index is 0.214. The van der Waals surface area contributed by atoms with Crippen molar-refractivity contribution in [3.8, 4) is 0 Å². The number of hydrogen-bond acceptors (Lipinski definition) is 0. The second-order valence-corrected chi connectivity index (χ2v) is 5.16. The van der Waals surface area contributed by atoms with Gasteiger partial charge in [0.1, 0.15) is 0 Å². The Bertz CT molecular complexity index is 468. The molecule has 0 amide bonds. The van der Waals surface area contributed by atoms with Gasteiger partial charge in [0.2, 0.25) is 0 Å². The van der Waals surface area contributed by atoms with Crippen LogP contribution in [0.25, 0.3) is 10.8 Å². The molecule has 0 nitrogen and oxygen atoms in total. The summed E-state index contributed by atoms with van der Waals surface area (Å²) in [6, 6.07) is 14.9. The molecular formula is C15H17Cl. The van der Waals surface area contributed by atoms with Crippen molar-refractivity contribution in [2.24, 2.45) is 5.92 Å². The molecule has 0 aromatic heterocycles. The van der Waals surface area contributed by atoms with Crippen molar-refractivity contribution in [2.45, 2.75) is 25.6 Å². The summed E-state index contributed by atoms with van der Waals surface area (Å²) >= 11 is 6.35. The highest BCUT2D eigenvalue weighted by Gasteiger charge is 2.11. The summed E-state index contributed by atoms with van der Waals surface area (Å²) in [6.45, 7) is 4.34. The largest absolute Gasteiger partial charge is 0.122 e. The zero-order valence-electron chi connectivity index (χ0n) is 9.78. The van der Waals surface area contributed by atoms with Gasteiger partial charge >= 0.3 is 0 Å². The molecule has 0 N–H and O–H groups in total. The topological polar surface area (TPSA) is 0 Å². The van der Waals surface area contributed by atoms with E-state index in [0.717, 1.165) is 6.42 Å². The maximum atomic E-state index is 6.35. The highest BCUT2D eigenvalue weighted by Crippen LogP contribution is 2.23. The fourth-order valence-electron chi connectivity index (χ4n) is 1.92. The lowest BCUT2D eigenvalue weighted by atomic mass is 9.97. The number of alkyl halides is 1. The lowest BCUT2D eigenvalue weighted by molar-refractivity contribution is 0.597. The summed E-state index contributed by atoms with van der Waals surface area (Å²) < 4.78 is 0. The van der Waals surface area contributed by atoms with Crippen LogP contribution in [0.2, 0.25) is 0 Å². The van der Waals surface area contributed by atoms with E-state index in [1.54, 1.807) is 0 Å². The Morgan fingerprint density at radius 2 is 1.69 bits per heavy atom. The van der Waals surface area contributed by atoms with Gasteiger partial charge in [-0.3, -0.25) is 0 Å². The van der Waals surface area contributed by atoms with E-state index in [2.05, 4.69) is 56.3 Å². The van der Waals surface area contributed by atoms with Crippen molar-refractivity contribution < 1.29 is 0 Å². The van der Waals surface area contributed by atoms with Gasteiger partial charge in [0.25, 0.3) is 0 Å². The molecule has 0 bridgehead atoms. The number of fused-ring (bicyclic) bond motifs is 1. The van der Waals surface area contributed by atoms with E-state index in [9.17, 15) is 0 Å². The molecule has 0 radical (unpaired) electrons. The monoisotopic (exact) mass is 232 g/mol. The predicted octanol–water partition coefficient (Wildman–Crippen LogP) is 4.65. The third-order valence-corrected chi connectivity index (χ3v) is 3.68. The van der Waals surface area contributed by atoms with Crippen molar-refractivity contribution in [1.82, 2.24) is 0 Å². The molecule has 0 heterocycles. The van der Waals surface area contributed by atoms with Gasteiger partial charge in [-0.2, -0.15) is 0 Å². The molecule has 0 aliphatic heterocycles. The van der Waals surface area contributed by atoms with E-state index < -0.39 is 0 Å². The van der Waals surface area contributed by atoms with E-state index in [0.29, 0.717) is 5.92 Å². The van der Waals surface area contributed by atoms with Crippen LogP contribution in [0.3, 0.4) is 0 Å². The second-order valence-electron chi connectivity index (χ2n) is 4.60. The van der Waals surface area contributed by atoms with Crippen LogP contribution >= 0.6 is 11.6 Å². The second kappa shape index (κ2) is 4.88. The van der Waals surface area contributed by atoms with E-state index >= 15 is 0 Å². The van der Waals surface area contributed by atoms with Gasteiger partial charge in [-0.1, -0.05) is 56.3 Å². The van der Waals surface area contributed by atoms with Crippen molar-refractivity contribution in [3.63, 3.8) is 0 Å². The lowest BCUT2D eigenvalue weighted by Crippen LogP contribution is -2.11. The van der Waals surface area contributed by atoms with Crippen LogP contribution in [0.1, 0.15) is 19.4 Å². The zero-order valence-corrected chi connectivity index (χ0v) is 10.5. The Kier molecular flexibility index (Phi) is 3.50. The van der Waals surface area contributed by atoms with Crippen LogP contribution in [-0.2, 0) is 6.42 Å². The Labute approximate surface area is 102 Å². The van der Waals surface area contributed by atoms with E-state index in [1.807, 2.05) is 0 Å². The number of halogens is 1. The van der Waals surface area contributed by atoms with Gasteiger partial charge in [0.15, 0.2) is 0 Å². The van der Waals surface area contributed by atoms with E-state index in [1.165, 1.54) is 16.3 Å². The first kappa shape index (κ1) is 11.5. The Morgan fingerprint density at radius 1 is 1.00 bits per heavy atom. The molecular weight excluding hydrogens is 216 g/mol. The van der Waals surface area contributed by atoms with Crippen molar-refractivity contribution in [2.75, 3.05) is 0 Å². The smallest absolute Gasteiger partial charge is 0.0399 e. The van der Waals surface area contributed by atoms with Crippen molar-refractivity contribution >= 4 is 22.4 Å². The van der Waals surface area contributed by atoms with Gasteiger partial charge in [-0.15, -0.1) is 11.6 Å². The van der Waals surface area contributed by atoms with E-state index in [4.69, 9.17) is 11.6 Å². The number of rotatable bonds is 3. The molecule has 0 saturated carbocycles. The fraction of sp³-hybridized carbons (Fsp3) is 0.333. The highest BCUT2D eigenvalue weighted by atomic mass is 35.5. The molecule has 1 atom stereocenters. The van der Waals surface area contributed by atoms with Crippen molar-refractivity contribution in [3.05, 3.63) is 48.0 Å². The number of hydrogen-bond donors (Lipinski definition) is 0. The normalized spacial score (nSPS) is 13.2. The average molecular weight is 233 g/mol. The van der Waals surface area contributed by atoms with Gasteiger partial charge in [-0.25, -0.2) is 0 Å². The van der Waals surface area contributed by atoms with Crippen molar-refractivity contribution in [1.29, 1.82) is 0 Å². The summed E-state index contributed by atoms with van der Waals surface area (Å²) in [6.07, 6.45) is 0.945. The summed E-state index contributed by atoms with van der Waals surface area (Å²) in [5.74, 6) is 0.514. The summed E-state index contributed by atoms with van der Waals surface area (Å²) in [4.78, 5) is 0. The molecule has 2 aromatic carbocycles. The summed E-state index contributed by atoms with van der Waals surface area (Å²) in [5, 5.41) is 2.84. The van der Waals surface area contributed by atoms with Crippen LogP contribution in [0.4, 0.5) is 0 Å². The standard InChI is InChI=1S/C15H17Cl/c1-11(2)15(16)10-13-8-5-7-12-6-3-4-9-14(12)13/h3-9,11,15H,10H2,1-2H3. The Balaban J connectivity index is 2.37. The molecule has 16 heavy (non-hydrogen) atoms. The van der Waals surface area contributed by atoms with Crippen LogP contribution in [0, 0.1) is 5.92 Å². The van der Waals surface area contributed by atoms with Gasteiger partial charge in [-0.05, 0) is 28.7 Å². The van der Waals surface area contributed by atoms with Crippen LogP contribution in [-0.4, -0.2) is 5.38 Å². The van der Waals surface area contributed by atoms with E-state index in [-0.39, 0.29) is 5.38 Å². The van der Waals surface area contributed by atoms with Gasteiger partial charge in [0, 0.05) is 5.38 Å². The third kappa shape index (κ3) is 2.38. The molecule has 2 aromatic rings. The molecule has 0 fully saturated rings. The molecule has 2 rings (SSSR count). The van der Waals surface area contributed by atoms with Crippen LogP contribution in [0.5, 0.6) is 0 Å². The predicted molar refractivity (Wildman–Crippen MR) is 72.1 cm³/mol. The SMILES string of the molecule is CC(C)C(Cl)Cc1cccc2ccccc12. The molecule has 84 valence electrons. The lowest BCUT2D eigenvalue weighted by Gasteiger charge is -2.14. The molecule has 0 spiro atoms. The number of benzene rings is 2. The summed E-state index contributed by atoms with van der Waals surface area (Å²) in [7, 11) is 0. The third-order valence-electron chi connectivity index (χ3n) is 3.02. The quantitative estimate of drug-likeness (QED) is 0.676. The first-order valence-electron chi connectivity index (χ1n) is 5.79. The Hall–Kier alpha value is -1.01. The van der Waals surface area contributed by atoms with Gasteiger partial charge < -0.3 is 0 Å². The first-order valence-corrected chi connectivity index (χ1v) is 6.23. The van der Waals surface area contributed by atoms with Gasteiger partial charge in [0.05, 0.1) is 0 Å². The average Bonchev–Trinajstić information content (AvgIpc) is 2.29. The summed E-state index contributed by atoms with van der Waals surface area (Å²) in [5.41, 5.74) is 1.35. The fourth-order valence-corrected chi connectivity index (χ4v) is 2.08. The Morgan fingerprint density at radius 3 is 2.44 bits per heavy atom. The van der Waals surface area contributed by atoms with Crippen LogP contribution < -0.4 is 0 Å². The molecule has 0 aliphatic carbocycles. The zero-order chi connectivity index (χ0) is 11.5. The van der Waals surface area contributed by atoms with Crippen LogP contribution in [0.15, 0.2) is 42.5 Å². The minimum atomic E-state index is 0.214. The molecule has 0 aliphatic rings.